The summed E-state index contributed by atoms with van der Waals surface area (Å²) in [6, 6.07) is 0. The van der Waals surface area contributed by atoms with E-state index in [9.17, 15) is 9.59 Å². The molecule has 0 rings (SSSR count). The Labute approximate surface area is 124 Å². The molecule has 0 saturated carbocycles. The molecule has 0 aliphatic rings. The number of rotatable bonds is 10. The predicted octanol–water partition coefficient (Wildman–Crippen LogP) is 4.24. The molecular formula is C17H32O3. The van der Waals surface area contributed by atoms with Gasteiger partial charge in [-0.15, -0.1) is 0 Å². The monoisotopic (exact) mass is 284 g/mol. The summed E-state index contributed by atoms with van der Waals surface area (Å²) < 4.78 is 5.32. The minimum absolute atomic E-state index is 0.187. The number of esters is 1. The zero-order valence-electron chi connectivity index (χ0n) is 14.1. The lowest BCUT2D eigenvalue weighted by atomic mass is 9.78. The fourth-order valence-corrected chi connectivity index (χ4v) is 2.53. The lowest BCUT2D eigenvalue weighted by molar-refractivity contribution is -0.154. The van der Waals surface area contributed by atoms with Gasteiger partial charge >= 0.3 is 5.97 Å². The Kier molecular flexibility index (Phi) is 9.52. The van der Waals surface area contributed by atoms with E-state index in [0.29, 0.717) is 24.9 Å². The van der Waals surface area contributed by atoms with Crippen LogP contribution in [0.15, 0.2) is 0 Å². The Hall–Kier alpha value is -0.860. The molecule has 0 spiro atoms. The maximum atomic E-state index is 12.3. The Morgan fingerprint density at radius 3 is 1.80 bits per heavy atom. The lowest BCUT2D eigenvalue weighted by Crippen LogP contribution is -2.33. The first kappa shape index (κ1) is 19.1. The number of ketones is 1. The van der Waals surface area contributed by atoms with Crippen molar-refractivity contribution >= 4 is 11.8 Å². The molecule has 0 fully saturated rings. The van der Waals surface area contributed by atoms with E-state index in [2.05, 4.69) is 27.7 Å². The average molecular weight is 284 g/mol. The molecule has 0 aliphatic heterocycles. The molecule has 0 aromatic heterocycles. The molecule has 0 saturated heterocycles. The van der Waals surface area contributed by atoms with Crippen LogP contribution in [0.25, 0.3) is 0 Å². The van der Waals surface area contributed by atoms with Crippen LogP contribution in [0.4, 0.5) is 0 Å². The van der Waals surface area contributed by atoms with Gasteiger partial charge in [0.25, 0.3) is 0 Å². The molecule has 20 heavy (non-hydrogen) atoms. The van der Waals surface area contributed by atoms with Crippen LogP contribution >= 0.6 is 0 Å². The normalized spacial score (nSPS) is 14.4. The zero-order valence-corrected chi connectivity index (χ0v) is 14.1. The third-order valence-corrected chi connectivity index (χ3v) is 3.45. The summed E-state index contributed by atoms with van der Waals surface area (Å²) >= 11 is 0. The van der Waals surface area contributed by atoms with E-state index in [-0.39, 0.29) is 23.6 Å². The Bertz CT molecular complexity index is 295. The van der Waals surface area contributed by atoms with E-state index >= 15 is 0 Å². The van der Waals surface area contributed by atoms with Gasteiger partial charge in [0.05, 0.1) is 12.5 Å². The quantitative estimate of drug-likeness (QED) is 0.563. The maximum Gasteiger partial charge on any atom is 0.309 e. The van der Waals surface area contributed by atoms with E-state index in [0.717, 1.165) is 19.3 Å². The number of hydrogen-bond donors (Lipinski definition) is 0. The number of carbonyl (C=O) groups excluding carboxylic acids is 2. The first-order chi connectivity index (χ1) is 9.33. The molecule has 118 valence electrons. The van der Waals surface area contributed by atoms with Crippen molar-refractivity contribution in [3.63, 3.8) is 0 Å². The summed E-state index contributed by atoms with van der Waals surface area (Å²) in [6.07, 6.45) is 2.81. The van der Waals surface area contributed by atoms with Crippen LogP contribution in [-0.2, 0) is 14.3 Å². The second kappa shape index (κ2) is 9.95. The van der Waals surface area contributed by atoms with E-state index in [4.69, 9.17) is 4.74 Å². The standard InChI is InChI=1S/C17H32O3/c1-7-9-20-17(19)15(11-13(5)6)14(10-12(3)4)16(18)8-2/h12-15H,7-11H2,1-6H3. The molecule has 2 unspecified atom stereocenters. The third-order valence-electron chi connectivity index (χ3n) is 3.45. The summed E-state index contributed by atoms with van der Waals surface area (Å²) in [5.41, 5.74) is 0. The van der Waals surface area contributed by atoms with Gasteiger partial charge in [-0.3, -0.25) is 9.59 Å². The fraction of sp³-hybridized carbons (Fsp3) is 0.882. The molecule has 3 nitrogen and oxygen atoms in total. The number of ether oxygens (including phenoxy) is 1. The molecule has 0 N–H and O–H groups in total. The predicted molar refractivity (Wildman–Crippen MR) is 82.4 cm³/mol. The number of hydrogen-bond acceptors (Lipinski definition) is 3. The smallest absolute Gasteiger partial charge is 0.309 e. The molecule has 0 amide bonds. The molecule has 0 radical (unpaired) electrons. The van der Waals surface area contributed by atoms with Gasteiger partial charge in [-0.25, -0.2) is 0 Å². The van der Waals surface area contributed by atoms with Gasteiger partial charge in [-0.1, -0.05) is 41.5 Å². The number of Topliss-reactive ketones (excluding diaryl/α,β-unsaturated/α-hetero) is 1. The third kappa shape index (κ3) is 7.06. The van der Waals surface area contributed by atoms with Crippen molar-refractivity contribution < 1.29 is 14.3 Å². The summed E-state index contributed by atoms with van der Waals surface area (Å²) in [6.45, 7) is 12.7. The van der Waals surface area contributed by atoms with Crippen molar-refractivity contribution in [1.82, 2.24) is 0 Å². The zero-order chi connectivity index (χ0) is 15.7. The van der Waals surface area contributed by atoms with Gasteiger partial charge in [0.15, 0.2) is 0 Å². The van der Waals surface area contributed by atoms with Crippen molar-refractivity contribution in [2.75, 3.05) is 6.61 Å². The van der Waals surface area contributed by atoms with Gasteiger partial charge in [-0.05, 0) is 31.1 Å². The van der Waals surface area contributed by atoms with Gasteiger partial charge in [-0.2, -0.15) is 0 Å². The van der Waals surface area contributed by atoms with Crippen LogP contribution in [-0.4, -0.2) is 18.4 Å². The highest BCUT2D eigenvalue weighted by molar-refractivity contribution is 5.86. The van der Waals surface area contributed by atoms with Crippen molar-refractivity contribution in [3.8, 4) is 0 Å². The second-order valence-corrected chi connectivity index (χ2v) is 6.46. The second-order valence-electron chi connectivity index (χ2n) is 6.46. The highest BCUT2D eigenvalue weighted by Gasteiger charge is 2.34. The van der Waals surface area contributed by atoms with Crippen LogP contribution in [0.1, 0.15) is 67.2 Å². The van der Waals surface area contributed by atoms with E-state index in [1.54, 1.807) is 0 Å². The average Bonchev–Trinajstić information content (AvgIpc) is 2.38. The largest absolute Gasteiger partial charge is 0.465 e. The van der Waals surface area contributed by atoms with E-state index < -0.39 is 0 Å². The molecule has 2 atom stereocenters. The Morgan fingerprint density at radius 2 is 1.40 bits per heavy atom. The summed E-state index contributed by atoms with van der Waals surface area (Å²) in [4.78, 5) is 24.5. The van der Waals surface area contributed by atoms with Crippen molar-refractivity contribution in [1.29, 1.82) is 0 Å². The summed E-state index contributed by atoms with van der Waals surface area (Å²) in [5, 5.41) is 0. The van der Waals surface area contributed by atoms with Gasteiger partial charge in [0, 0.05) is 12.3 Å². The lowest BCUT2D eigenvalue weighted by Gasteiger charge is -2.27. The molecule has 0 bridgehead atoms. The number of carbonyl (C=O) groups is 2. The minimum Gasteiger partial charge on any atom is -0.465 e. The van der Waals surface area contributed by atoms with Gasteiger partial charge < -0.3 is 4.74 Å². The minimum atomic E-state index is -0.281. The molecule has 3 heteroatoms. The first-order valence-corrected chi connectivity index (χ1v) is 8.02. The molecule has 0 aromatic rings. The van der Waals surface area contributed by atoms with Crippen molar-refractivity contribution in [2.45, 2.75) is 67.2 Å². The van der Waals surface area contributed by atoms with Crippen LogP contribution in [0.5, 0.6) is 0 Å². The van der Waals surface area contributed by atoms with Crippen LogP contribution in [0.3, 0.4) is 0 Å². The van der Waals surface area contributed by atoms with Crippen LogP contribution < -0.4 is 0 Å². The fourth-order valence-electron chi connectivity index (χ4n) is 2.53. The molecule has 0 aliphatic carbocycles. The van der Waals surface area contributed by atoms with E-state index in [1.807, 2.05) is 13.8 Å². The Morgan fingerprint density at radius 1 is 0.900 bits per heavy atom. The molecule has 0 aromatic carbocycles. The van der Waals surface area contributed by atoms with Crippen LogP contribution in [0, 0.1) is 23.7 Å². The summed E-state index contributed by atoms with van der Waals surface area (Å²) in [5.74, 6) is 0.326. The van der Waals surface area contributed by atoms with Crippen molar-refractivity contribution in [3.05, 3.63) is 0 Å². The van der Waals surface area contributed by atoms with Gasteiger partial charge in [0.2, 0.25) is 0 Å². The van der Waals surface area contributed by atoms with Gasteiger partial charge in [0.1, 0.15) is 5.78 Å². The Balaban J connectivity index is 5.08. The van der Waals surface area contributed by atoms with Crippen molar-refractivity contribution in [2.24, 2.45) is 23.7 Å². The van der Waals surface area contributed by atoms with E-state index in [1.165, 1.54) is 0 Å². The topological polar surface area (TPSA) is 43.4 Å². The highest BCUT2D eigenvalue weighted by Crippen LogP contribution is 2.29. The highest BCUT2D eigenvalue weighted by atomic mass is 16.5. The summed E-state index contributed by atoms with van der Waals surface area (Å²) in [7, 11) is 0. The first-order valence-electron chi connectivity index (χ1n) is 8.02. The maximum absolute atomic E-state index is 12.3. The molecular weight excluding hydrogens is 252 g/mol. The van der Waals surface area contributed by atoms with Crippen LogP contribution in [0.2, 0.25) is 0 Å². The molecule has 0 heterocycles. The SMILES string of the molecule is CCCOC(=O)C(CC(C)C)C(CC(C)C)C(=O)CC.